The second-order valence-corrected chi connectivity index (χ2v) is 5.99. The average molecular weight is 335 g/mol. The Morgan fingerprint density at radius 2 is 2.09 bits per heavy atom. The number of carbonyl (C=O) groups excluding carboxylic acids is 2. The molecule has 1 heterocycles. The molecule has 0 bridgehead atoms. The Morgan fingerprint density at radius 3 is 2.68 bits per heavy atom. The third-order valence-corrected chi connectivity index (χ3v) is 3.99. The zero-order chi connectivity index (χ0) is 15.8. The van der Waals surface area contributed by atoms with Crippen LogP contribution in [0.25, 0.3) is 0 Å². The van der Waals surface area contributed by atoms with Crippen LogP contribution >= 0.6 is 12.4 Å². The molecule has 7 heteroatoms. The van der Waals surface area contributed by atoms with E-state index in [0.29, 0.717) is 13.1 Å². The first kappa shape index (κ1) is 21.1. The maximum absolute atomic E-state index is 12.3. The molecule has 1 aliphatic rings. The zero-order valence-corrected chi connectivity index (χ0v) is 14.8. The first-order valence-corrected chi connectivity index (χ1v) is 7.96. The van der Waals surface area contributed by atoms with Crippen LogP contribution in [-0.4, -0.2) is 66.9 Å². The Bertz CT molecular complexity index is 352. The second kappa shape index (κ2) is 10.8. The molecule has 0 aromatic carbocycles. The molecule has 2 amide bonds. The minimum absolute atomic E-state index is 0. The lowest BCUT2D eigenvalue weighted by atomic mass is 9.97. The molecule has 0 radical (unpaired) electrons. The topological polar surface area (TPSA) is 78.7 Å². The molecule has 0 aliphatic carbocycles. The number of nitrogens with zero attached hydrogens (tertiary/aromatic N) is 2. The van der Waals surface area contributed by atoms with Crippen LogP contribution in [-0.2, 0) is 9.59 Å². The highest BCUT2D eigenvalue weighted by molar-refractivity contribution is 5.85. The summed E-state index contributed by atoms with van der Waals surface area (Å²) in [5, 5.41) is 2.78. The van der Waals surface area contributed by atoms with Gasteiger partial charge in [0.25, 0.3) is 0 Å². The predicted octanol–water partition coefficient (Wildman–Crippen LogP) is 0.595. The molecule has 2 unspecified atom stereocenters. The van der Waals surface area contributed by atoms with Gasteiger partial charge in [0.15, 0.2) is 0 Å². The molecule has 1 fully saturated rings. The number of piperidine rings is 1. The number of halogens is 1. The van der Waals surface area contributed by atoms with E-state index in [0.717, 1.165) is 25.8 Å². The number of likely N-dealkylation sites (tertiary alicyclic amines) is 1. The van der Waals surface area contributed by atoms with Gasteiger partial charge >= 0.3 is 0 Å². The molecule has 0 saturated carbocycles. The maximum atomic E-state index is 12.3. The average Bonchev–Trinajstić information content (AvgIpc) is 2.45. The van der Waals surface area contributed by atoms with Crippen LogP contribution in [0, 0.1) is 0 Å². The van der Waals surface area contributed by atoms with E-state index in [1.807, 2.05) is 13.8 Å². The van der Waals surface area contributed by atoms with Gasteiger partial charge in [-0.3, -0.25) is 14.5 Å². The lowest BCUT2D eigenvalue weighted by Gasteiger charge is -2.38. The lowest BCUT2D eigenvalue weighted by Crippen LogP contribution is -2.53. The molecular weight excluding hydrogens is 304 g/mol. The number of nitrogens with two attached hydrogens (primary N) is 1. The van der Waals surface area contributed by atoms with Crippen molar-refractivity contribution in [3.05, 3.63) is 0 Å². The van der Waals surface area contributed by atoms with Crippen molar-refractivity contribution in [3.8, 4) is 0 Å². The number of amides is 2. The number of hydrogen-bond acceptors (Lipinski definition) is 4. The van der Waals surface area contributed by atoms with Gasteiger partial charge in [-0.25, -0.2) is 0 Å². The number of hydrogen-bond donors (Lipinski definition) is 2. The van der Waals surface area contributed by atoms with Crippen molar-refractivity contribution in [1.82, 2.24) is 15.1 Å². The molecule has 0 aromatic rings. The van der Waals surface area contributed by atoms with E-state index >= 15 is 0 Å². The minimum atomic E-state index is -0.102. The van der Waals surface area contributed by atoms with Gasteiger partial charge in [0.05, 0.1) is 13.1 Å². The molecule has 1 saturated heterocycles. The van der Waals surface area contributed by atoms with Crippen molar-refractivity contribution in [3.63, 3.8) is 0 Å². The fraction of sp³-hybridized carbons (Fsp3) is 0.867. The van der Waals surface area contributed by atoms with Gasteiger partial charge in [0.2, 0.25) is 11.8 Å². The van der Waals surface area contributed by atoms with Crippen molar-refractivity contribution >= 4 is 24.2 Å². The van der Waals surface area contributed by atoms with Crippen LogP contribution in [0.2, 0.25) is 0 Å². The highest BCUT2D eigenvalue weighted by Crippen LogP contribution is 2.18. The van der Waals surface area contributed by atoms with Crippen molar-refractivity contribution in [2.24, 2.45) is 5.73 Å². The summed E-state index contributed by atoms with van der Waals surface area (Å²) in [5.41, 5.74) is 6.01. The Hall–Kier alpha value is -0.850. The van der Waals surface area contributed by atoms with E-state index in [-0.39, 0.29) is 42.8 Å². The van der Waals surface area contributed by atoms with Gasteiger partial charge < -0.3 is 16.0 Å². The van der Waals surface area contributed by atoms with E-state index in [1.54, 1.807) is 7.05 Å². The summed E-state index contributed by atoms with van der Waals surface area (Å²) in [6.45, 7) is 6.03. The summed E-state index contributed by atoms with van der Waals surface area (Å²) in [7, 11) is 1.68. The number of likely N-dealkylation sites (N-methyl/N-ethyl adjacent to an activating group) is 1. The van der Waals surface area contributed by atoms with Crippen molar-refractivity contribution < 1.29 is 9.59 Å². The molecule has 3 N–H and O–H groups in total. The first-order chi connectivity index (χ1) is 9.95. The molecule has 0 spiro atoms. The maximum Gasteiger partial charge on any atom is 0.239 e. The van der Waals surface area contributed by atoms with Gasteiger partial charge in [-0.05, 0) is 32.7 Å². The Balaban J connectivity index is 0.00000441. The fourth-order valence-corrected chi connectivity index (χ4v) is 2.73. The van der Waals surface area contributed by atoms with Gasteiger partial charge in [0, 0.05) is 25.7 Å². The van der Waals surface area contributed by atoms with Crippen LogP contribution in [0.1, 0.15) is 39.5 Å². The van der Waals surface area contributed by atoms with E-state index in [4.69, 9.17) is 5.73 Å². The fourth-order valence-electron chi connectivity index (χ4n) is 2.73. The van der Waals surface area contributed by atoms with Crippen molar-refractivity contribution in [2.45, 2.75) is 51.6 Å². The molecule has 1 aliphatic heterocycles. The van der Waals surface area contributed by atoms with E-state index < -0.39 is 0 Å². The smallest absolute Gasteiger partial charge is 0.239 e. The summed E-state index contributed by atoms with van der Waals surface area (Å²) >= 11 is 0. The number of nitrogens with one attached hydrogen (secondary N) is 1. The minimum Gasteiger partial charge on any atom is -0.355 e. The normalized spacial score (nSPS) is 19.9. The highest BCUT2D eigenvalue weighted by atomic mass is 35.5. The summed E-state index contributed by atoms with van der Waals surface area (Å²) in [4.78, 5) is 27.6. The van der Waals surface area contributed by atoms with Crippen molar-refractivity contribution in [2.75, 3.05) is 33.2 Å². The van der Waals surface area contributed by atoms with E-state index in [9.17, 15) is 9.59 Å². The Labute approximate surface area is 140 Å². The number of rotatable bonds is 7. The third kappa shape index (κ3) is 6.94. The molecule has 6 nitrogen and oxygen atoms in total. The molecule has 1 rings (SSSR count). The molecule has 0 aromatic heterocycles. The molecule has 130 valence electrons. The monoisotopic (exact) mass is 334 g/mol. The summed E-state index contributed by atoms with van der Waals surface area (Å²) in [6, 6.07) is 0.335. The van der Waals surface area contributed by atoms with E-state index in [2.05, 4.69) is 10.2 Å². The summed E-state index contributed by atoms with van der Waals surface area (Å²) < 4.78 is 0. The SMILES string of the molecule is CCCNC(=O)CN(C)C(=O)CN1CCCCC1C(C)N.Cl. The van der Waals surface area contributed by atoms with Crippen molar-refractivity contribution in [1.29, 1.82) is 0 Å². The van der Waals surface area contributed by atoms with Gasteiger partial charge in [-0.1, -0.05) is 13.3 Å². The van der Waals surface area contributed by atoms with Crippen LogP contribution in [0.15, 0.2) is 0 Å². The summed E-state index contributed by atoms with van der Waals surface area (Å²) in [5.74, 6) is -0.121. The molecular formula is C15H31ClN4O2. The lowest BCUT2D eigenvalue weighted by molar-refractivity contribution is -0.136. The number of carbonyl (C=O) groups is 2. The zero-order valence-electron chi connectivity index (χ0n) is 14.0. The Morgan fingerprint density at radius 1 is 1.41 bits per heavy atom. The van der Waals surface area contributed by atoms with Gasteiger partial charge in [0.1, 0.15) is 0 Å². The van der Waals surface area contributed by atoms with Crippen LogP contribution in [0.5, 0.6) is 0 Å². The van der Waals surface area contributed by atoms with Gasteiger partial charge in [-0.15, -0.1) is 12.4 Å². The largest absolute Gasteiger partial charge is 0.355 e. The third-order valence-electron chi connectivity index (χ3n) is 3.99. The highest BCUT2D eigenvalue weighted by Gasteiger charge is 2.27. The molecule has 22 heavy (non-hydrogen) atoms. The summed E-state index contributed by atoms with van der Waals surface area (Å²) in [6.07, 6.45) is 4.22. The van der Waals surface area contributed by atoms with Crippen LogP contribution < -0.4 is 11.1 Å². The van der Waals surface area contributed by atoms with Crippen LogP contribution in [0.4, 0.5) is 0 Å². The Kier molecular flexibility index (Phi) is 10.4. The predicted molar refractivity (Wildman–Crippen MR) is 91.0 cm³/mol. The second-order valence-electron chi connectivity index (χ2n) is 5.99. The molecule has 2 atom stereocenters. The first-order valence-electron chi connectivity index (χ1n) is 7.96. The quantitative estimate of drug-likeness (QED) is 0.714. The van der Waals surface area contributed by atoms with Gasteiger partial charge in [-0.2, -0.15) is 0 Å². The standard InChI is InChI=1S/C15H30N4O2.ClH/c1-4-8-17-14(20)10-18(3)15(21)11-19-9-6-5-7-13(19)12(2)16;/h12-13H,4-11,16H2,1-3H3,(H,17,20);1H. The van der Waals surface area contributed by atoms with E-state index in [1.165, 1.54) is 11.3 Å². The van der Waals surface area contributed by atoms with Crippen LogP contribution in [0.3, 0.4) is 0 Å².